The van der Waals surface area contributed by atoms with Gasteiger partial charge in [0.2, 0.25) is 0 Å². The van der Waals surface area contributed by atoms with Gasteiger partial charge in [-0.2, -0.15) is 0 Å². The van der Waals surface area contributed by atoms with Gasteiger partial charge in [-0.1, -0.05) is 31.9 Å². The van der Waals surface area contributed by atoms with E-state index in [-0.39, 0.29) is 11.1 Å². The fraction of sp³-hybridized carbons (Fsp3) is 0.263. The monoisotopic (exact) mass is 515 g/mol. The van der Waals surface area contributed by atoms with Gasteiger partial charge < -0.3 is 14.0 Å². The summed E-state index contributed by atoms with van der Waals surface area (Å²) in [5, 5.41) is 8.26. The summed E-state index contributed by atoms with van der Waals surface area (Å²) in [5.74, 6) is -0.298. The van der Waals surface area contributed by atoms with Gasteiger partial charge in [0.1, 0.15) is 11.6 Å². The van der Waals surface area contributed by atoms with E-state index in [4.69, 9.17) is 9.47 Å². The summed E-state index contributed by atoms with van der Waals surface area (Å²) >= 11 is 6.49. The first-order chi connectivity index (χ1) is 13.5. The molecule has 5 nitrogen and oxygen atoms in total. The van der Waals surface area contributed by atoms with E-state index in [1.165, 1.54) is 12.1 Å². The first-order valence-corrected chi connectivity index (χ1v) is 10.0. The molecule has 0 N–H and O–H groups in total. The van der Waals surface area contributed by atoms with Crippen LogP contribution in [0.25, 0.3) is 22.8 Å². The van der Waals surface area contributed by atoms with Crippen molar-refractivity contribution in [3.05, 3.63) is 57.0 Å². The zero-order valence-corrected chi connectivity index (χ0v) is 18.1. The van der Waals surface area contributed by atoms with Crippen LogP contribution >= 0.6 is 31.9 Å². The van der Waals surface area contributed by atoms with Crippen LogP contribution < -0.4 is 0 Å². The maximum atomic E-state index is 14.5. The average Bonchev–Trinajstić information content (AvgIpc) is 3.05. The van der Waals surface area contributed by atoms with Gasteiger partial charge in [0.15, 0.2) is 11.6 Å². The molecule has 9 heteroatoms. The molecule has 2 aromatic carbocycles. The lowest BCUT2D eigenvalue weighted by Gasteiger charge is -2.12. The van der Waals surface area contributed by atoms with Gasteiger partial charge in [0, 0.05) is 22.6 Å². The van der Waals surface area contributed by atoms with Crippen molar-refractivity contribution in [1.29, 1.82) is 0 Å². The summed E-state index contributed by atoms with van der Waals surface area (Å²) in [5.41, 5.74) is 0.549. The molecule has 0 bridgehead atoms. The van der Waals surface area contributed by atoms with Crippen LogP contribution in [0.2, 0.25) is 0 Å². The maximum absolute atomic E-state index is 14.5. The molecule has 0 spiro atoms. The first-order valence-electron chi connectivity index (χ1n) is 8.42. The van der Waals surface area contributed by atoms with Crippen molar-refractivity contribution in [3.8, 4) is 22.8 Å². The number of methoxy groups -OCH3 is 1. The van der Waals surface area contributed by atoms with Crippen LogP contribution in [-0.4, -0.2) is 41.7 Å². The van der Waals surface area contributed by atoms with E-state index in [9.17, 15) is 8.78 Å². The fourth-order valence-corrected chi connectivity index (χ4v) is 3.32. The quantitative estimate of drug-likeness (QED) is 0.392. The molecule has 0 radical (unpaired) electrons. The fourth-order valence-electron chi connectivity index (χ4n) is 2.66. The molecule has 0 atom stereocenters. The van der Waals surface area contributed by atoms with Gasteiger partial charge in [-0.15, -0.1) is 10.2 Å². The number of benzene rings is 2. The van der Waals surface area contributed by atoms with Crippen molar-refractivity contribution in [1.82, 2.24) is 14.8 Å². The predicted molar refractivity (Wildman–Crippen MR) is 109 cm³/mol. The summed E-state index contributed by atoms with van der Waals surface area (Å²) in [6.07, 6.45) is 0. The molecule has 0 aliphatic heterocycles. The highest BCUT2D eigenvalue weighted by Gasteiger charge is 2.20. The molecule has 0 amide bonds. The summed E-state index contributed by atoms with van der Waals surface area (Å²) < 4.78 is 42.4. The van der Waals surface area contributed by atoms with E-state index < -0.39 is 11.6 Å². The average molecular weight is 517 g/mol. The van der Waals surface area contributed by atoms with Gasteiger partial charge in [-0.25, -0.2) is 8.78 Å². The van der Waals surface area contributed by atoms with E-state index in [0.29, 0.717) is 47.0 Å². The second-order valence-corrected chi connectivity index (χ2v) is 7.68. The normalized spacial score (nSPS) is 11.2. The number of aromatic nitrogens is 3. The smallest absolute Gasteiger partial charge is 0.167 e. The maximum Gasteiger partial charge on any atom is 0.167 e. The lowest BCUT2D eigenvalue weighted by Crippen LogP contribution is -2.12. The van der Waals surface area contributed by atoms with Gasteiger partial charge in [-0.05, 0) is 36.4 Å². The van der Waals surface area contributed by atoms with Crippen molar-refractivity contribution in [2.45, 2.75) is 6.54 Å². The highest BCUT2D eigenvalue weighted by Crippen LogP contribution is 2.30. The molecular weight excluding hydrogens is 500 g/mol. The highest BCUT2D eigenvalue weighted by atomic mass is 79.9. The van der Waals surface area contributed by atoms with Crippen LogP contribution in [0.1, 0.15) is 0 Å². The van der Waals surface area contributed by atoms with Crippen molar-refractivity contribution in [2.24, 2.45) is 0 Å². The molecule has 0 saturated heterocycles. The zero-order valence-electron chi connectivity index (χ0n) is 15.0. The molecule has 1 heterocycles. The minimum absolute atomic E-state index is 0.274. The summed E-state index contributed by atoms with van der Waals surface area (Å²) in [6.45, 7) is 1.53. The standard InChI is InChI=1S/C19H17Br2F2N3O2/c1-27-8-9-28-7-6-26-18(14-4-2-12(20)10-16(14)22)24-25-19(26)15-5-3-13(21)11-17(15)23/h2-5,10-11H,6-9H2,1H3. The minimum Gasteiger partial charge on any atom is -0.382 e. The Hall–Kier alpha value is -1.68. The SMILES string of the molecule is COCCOCCn1c(-c2ccc(Br)cc2F)nnc1-c1ccc(Br)cc1F. The number of nitrogens with zero attached hydrogens (tertiary/aromatic N) is 3. The van der Waals surface area contributed by atoms with E-state index in [2.05, 4.69) is 42.1 Å². The Kier molecular flexibility index (Phi) is 7.28. The number of hydrogen-bond acceptors (Lipinski definition) is 4. The molecule has 28 heavy (non-hydrogen) atoms. The van der Waals surface area contributed by atoms with Crippen LogP contribution in [-0.2, 0) is 16.0 Å². The van der Waals surface area contributed by atoms with Crippen LogP contribution in [0.15, 0.2) is 45.3 Å². The third-order valence-corrected chi connectivity index (χ3v) is 4.97. The number of ether oxygens (including phenoxy) is 2. The van der Waals surface area contributed by atoms with E-state index >= 15 is 0 Å². The Morgan fingerprint density at radius 3 is 1.86 bits per heavy atom. The number of rotatable bonds is 8. The molecule has 0 unspecified atom stereocenters. The van der Waals surface area contributed by atoms with Gasteiger partial charge in [-0.3, -0.25) is 0 Å². The Labute approximate surface area is 177 Å². The van der Waals surface area contributed by atoms with E-state index in [1.807, 2.05) is 0 Å². The molecule has 0 aliphatic carbocycles. The second-order valence-electron chi connectivity index (χ2n) is 5.85. The molecule has 1 aromatic heterocycles. The third kappa shape index (κ3) is 4.83. The topological polar surface area (TPSA) is 49.2 Å². The summed E-state index contributed by atoms with van der Waals surface area (Å²) in [7, 11) is 1.59. The molecule has 148 valence electrons. The Balaban J connectivity index is 2.01. The van der Waals surface area contributed by atoms with Crippen LogP contribution in [0.4, 0.5) is 8.78 Å². The lowest BCUT2D eigenvalue weighted by molar-refractivity contribution is 0.0668. The predicted octanol–water partition coefficient (Wildman–Crippen LogP) is 5.08. The van der Waals surface area contributed by atoms with Crippen LogP contribution in [0.3, 0.4) is 0 Å². The van der Waals surface area contributed by atoms with E-state index in [1.54, 1.807) is 35.9 Å². The van der Waals surface area contributed by atoms with Gasteiger partial charge in [0.05, 0.1) is 30.9 Å². The number of halogens is 4. The molecule has 0 saturated carbocycles. The third-order valence-electron chi connectivity index (χ3n) is 3.99. The largest absolute Gasteiger partial charge is 0.382 e. The van der Waals surface area contributed by atoms with Crippen molar-refractivity contribution in [3.63, 3.8) is 0 Å². The minimum atomic E-state index is -0.453. The lowest BCUT2D eigenvalue weighted by atomic mass is 10.1. The van der Waals surface area contributed by atoms with Gasteiger partial charge in [0.25, 0.3) is 0 Å². The Bertz CT molecular complexity index is 897. The molecular formula is C19H17Br2F2N3O2. The van der Waals surface area contributed by atoms with Crippen molar-refractivity contribution in [2.75, 3.05) is 26.9 Å². The molecule has 3 rings (SSSR count). The summed E-state index contributed by atoms with van der Waals surface area (Å²) in [4.78, 5) is 0. The summed E-state index contributed by atoms with van der Waals surface area (Å²) in [6, 6.07) is 9.34. The molecule has 3 aromatic rings. The second kappa shape index (κ2) is 9.69. The Morgan fingerprint density at radius 1 is 0.857 bits per heavy atom. The number of hydrogen-bond donors (Lipinski definition) is 0. The Morgan fingerprint density at radius 2 is 1.39 bits per heavy atom. The van der Waals surface area contributed by atoms with Crippen LogP contribution in [0, 0.1) is 11.6 Å². The van der Waals surface area contributed by atoms with Crippen molar-refractivity contribution < 1.29 is 18.3 Å². The van der Waals surface area contributed by atoms with Crippen LogP contribution in [0.5, 0.6) is 0 Å². The zero-order chi connectivity index (χ0) is 20.1. The highest BCUT2D eigenvalue weighted by molar-refractivity contribution is 9.10. The van der Waals surface area contributed by atoms with Crippen molar-refractivity contribution >= 4 is 31.9 Å². The van der Waals surface area contributed by atoms with Gasteiger partial charge >= 0.3 is 0 Å². The van der Waals surface area contributed by atoms with E-state index in [0.717, 1.165) is 0 Å². The molecule has 0 fully saturated rings. The first kappa shape index (κ1) is 21.0. The molecule has 0 aliphatic rings.